The summed E-state index contributed by atoms with van der Waals surface area (Å²) in [4.78, 5) is 2.59. The Morgan fingerprint density at radius 2 is 2.11 bits per heavy atom. The van der Waals surface area contributed by atoms with Gasteiger partial charge in [-0.1, -0.05) is 27.2 Å². The van der Waals surface area contributed by atoms with E-state index in [0.717, 1.165) is 32.8 Å². The third-order valence-electron chi connectivity index (χ3n) is 3.71. The summed E-state index contributed by atoms with van der Waals surface area (Å²) >= 11 is 0. The van der Waals surface area contributed by atoms with Gasteiger partial charge in [0.05, 0.1) is 6.61 Å². The molecule has 0 aliphatic carbocycles. The Balaban J connectivity index is 2.34. The average Bonchev–Trinajstić information content (AvgIpc) is 2.28. The summed E-state index contributed by atoms with van der Waals surface area (Å²) < 4.78 is 5.72. The van der Waals surface area contributed by atoms with Gasteiger partial charge in [-0.2, -0.15) is 0 Å². The zero-order valence-electron chi connectivity index (χ0n) is 13.0. The highest BCUT2D eigenvalue weighted by Gasteiger charge is 2.32. The van der Waals surface area contributed by atoms with Gasteiger partial charge in [0.25, 0.3) is 0 Å². The fourth-order valence-electron chi connectivity index (χ4n) is 2.51. The molecule has 1 N–H and O–H groups in total. The van der Waals surface area contributed by atoms with Crippen LogP contribution in [0.15, 0.2) is 0 Å². The lowest BCUT2D eigenvalue weighted by molar-refractivity contribution is 0.0219. The number of nitrogens with one attached hydrogen (secondary N) is 1. The molecule has 3 heteroatoms. The number of nitrogens with zero attached hydrogens (tertiary/aromatic N) is 1. The van der Waals surface area contributed by atoms with E-state index < -0.39 is 0 Å². The van der Waals surface area contributed by atoms with Crippen LogP contribution in [0.4, 0.5) is 0 Å². The quantitative estimate of drug-likeness (QED) is 0.708. The van der Waals surface area contributed by atoms with E-state index in [9.17, 15) is 0 Å². The van der Waals surface area contributed by atoms with Gasteiger partial charge in [-0.15, -0.1) is 0 Å². The first kappa shape index (κ1) is 15.9. The maximum atomic E-state index is 5.72. The van der Waals surface area contributed by atoms with Crippen LogP contribution in [0.1, 0.15) is 47.5 Å². The van der Waals surface area contributed by atoms with Gasteiger partial charge in [-0.05, 0) is 26.2 Å². The predicted octanol–water partition coefficient (Wildman–Crippen LogP) is 2.51. The van der Waals surface area contributed by atoms with E-state index in [4.69, 9.17) is 4.74 Å². The molecular weight excluding hydrogens is 224 g/mol. The van der Waals surface area contributed by atoms with Crippen molar-refractivity contribution >= 4 is 0 Å². The van der Waals surface area contributed by atoms with Crippen molar-refractivity contribution in [3.63, 3.8) is 0 Å². The smallest absolute Gasteiger partial charge is 0.0593 e. The van der Waals surface area contributed by atoms with Gasteiger partial charge in [-0.25, -0.2) is 0 Å². The van der Waals surface area contributed by atoms with Crippen molar-refractivity contribution in [2.75, 3.05) is 32.8 Å². The van der Waals surface area contributed by atoms with Crippen molar-refractivity contribution in [1.82, 2.24) is 10.2 Å². The van der Waals surface area contributed by atoms with Crippen molar-refractivity contribution < 1.29 is 4.74 Å². The Hall–Kier alpha value is -0.120. The standard InChI is InChI=1S/C15H32N2O/c1-6-7-14-10-17(15(4,5)12-16-14)8-9-18-11-13(2)3/h13-14,16H,6-12H2,1-5H3. The Labute approximate surface area is 113 Å². The zero-order chi connectivity index (χ0) is 13.6. The number of piperazine rings is 1. The summed E-state index contributed by atoms with van der Waals surface area (Å²) in [6, 6.07) is 0.660. The predicted molar refractivity (Wildman–Crippen MR) is 78.0 cm³/mol. The molecule has 0 aromatic carbocycles. The second kappa shape index (κ2) is 7.46. The maximum Gasteiger partial charge on any atom is 0.0593 e. The van der Waals surface area contributed by atoms with Gasteiger partial charge >= 0.3 is 0 Å². The first-order valence-electron chi connectivity index (χ1n) is 7.52. The van der Waals surface area contributed by atoms with Crippen LogP contribution in [-0.2, 0) is 4.74 Å². The summed E-state index contributed by atoms with van der Waals surface area (Å²) in [5.41, 5.74) is 0.255. The molecule has 0 spiro atoms. The minimum absolute atomic E-state index is 0.255. The first-order chi connectivity index (χ1) is 8.45. The lowest BCUT2D eigenvalue weighted by atomic mass is 9.96. The third-order valence-corrected chi connectivity index (χ3v) is 3.71. The first-order valence-corrected chi connectivity index (χ1v) is 7.52. The lowest BCUT2D eigenvalue weighted by Gasteiger charge is -2.46. The molecule has 1 rings (SSSR count). The monoisotopic (exact) mass is 256 g/mol. The molecule has 108 valence electrons. The van der Waals surface area contributed by atoms with Crippen LogP contribution in [0.25, 0.3) is 0 Å². The van der Waals surface area contributed by atoms with Crippen LogP contribution in [0, 0.1) is 5.92 Å². The van der Waals surface area contributed by atoms with Crippen molar-refractivity contribution in [2.45, 2.75) is 59.0 Å². The molecule has 0 saturated carbocycles. The van der Waals surface area contributed by atoms with E-state index in [1.807, 2.05) is 0 Å². The van der Waals surface area contributed by atoms with E-state index >= 15 is 0 Å². The van der Waals surface area contributed by atoms with Crippen molar-refractivity contribution in [2.24, 2.45) is 5.92 Å². The Morgan fingerprint density at radius 3 is 2.72 bits per heavy atom. The highest BCUT2D eigenvalue weighted by Crippen LogP contribution is 2.19. The molecule has 1 unspecified atom stereocenters. The highest BCUT2D eigenvalue weighted by molar-refractivity contribution is 4.92. The van der Waals surface area contributed by atoms with E-state index in [2.05, 4.69) is 44.8 Å². The molecule has 0 amide bonds. The Bertz CT molecular complexity index is 229. The van der Waals surface area contributed by atoms with Crippen LogP contribution >= 0.6 is 0 Å². The summed E-state index contributed by atoms with van der Waals surface area (Å²) in [5, 5.41) is 3.67. The molecule has 0 aromatic rings. The SMILES string of the molecule is CCCC1CN(CCOCC(C)C)C(C)(C)CN1. The van der Waals surface area contributed by atoms with Gasteiger partial charge in [0.15, 0.2) is 0 Å². The normalized spacial score (nSPS) is 24.7. The van der Waals surface area contributed by atoms with Crippen molar-refractivity contribution in [3.05, 3.63) is 0 Å². The maximum absolute atomic E-state index is 5.72. The van der Waals surface area contributed by atoms with Crippen LogP contribution in [-0.4, -0.2) is 49.3 Å². The van der Waals surface area contributed by atoms with Gasteiger partial charge in [0.2, 0.25) is 0 Å². The van der Waals surface area contributed by atoms with Crippen LogP contribution in [0.3, 0.4) is 0 Å². The summed E-state index contributed by atoms with van der Waals surface area (Å²) in [6.45, 7) is 16.4. The largest absolute Gasteiger partial charge is 0.380 e. The van der Waals surface area contributed by atoms with E-state index in [-0.39, 0.29) is 5.54 Å². The second-order valence-electron chi connectivity index (χ2n) is 6.59. The minimum atomic E-state index is 0.255. The van der Waals surface area contributed by atoms with E-state index in [1.54, 1.807) is 0 Å². The average molecular weight is 256 g/mol. The second-order valence-corrected chi connectivity index (χ2v) is 6.59. The fourth-order valence-corrected chi connectivity index (χ4v) is 2.51. The summed E-state index contributed by atoms with van der Waals surface area (Å²) in [6.07, 6.45) is 2.54. The lowest BCUT2D eigenvalue weighted by Crippen LogP contribution is -2.62. The van der Waals surface area contributed by atoms with Crippen molar-refractivity contribution in [1.29, 1.82) is 0 Å². The van der Waals surface area contributed by atoms with Gasteiger partial charge in [0.1, 0.15) is 0 Å². The molecule has 1 atom stereocenters. The topological polar surface area (TPSA) is 24.5 Å². The molecule has 1 aliphatic heterocycles. The number of hydrogen-bond donors (Lipinski definition) is 1. The highest BCUT2D eigenvalue weighted by atomic mass is 16.5. The zero-order valence-corrected chi connectivity index (χ0v) is 13.0. The fraction of sp³-hybridized carbons (Fsp3) is 1.00. The molecule has 1 heterocycles. The van der Waals surface area contributed by atoms with Crippen LogP contribution in [0.2, 0.25) is 0 Å². The molecular formula is C15H32N2O. The Morgan fingerprint density at radius 1 is 1.39 bits per heavy atom. The number of hydrogen-bond acceptors (Lipinski definition) is 3. The molecule has 0 aromatic heterocycles. The van der Waals surface area contributed by atoms with Gasteiger partial charge in [-0.3, -0.25) is 4.90 Å². The molecule has 18 heavy (non-hydrogen) atoms. The Kier molecular flexibility index (Phi) is 6.61. The van der Waals surface area contributed by atoms with Crippen LogP contribution in [0.5, 0.6) is 0 Å². The van der Waals surface area contributed by atoms with Gasteiger partial charge < -0.3 is 10.1 Å². The summed E-state index contributed by atoms with van der Waals surface area (Å²) in [7, 11) is 0. The summed E-state index contributed by atoms with van der Waals surface area (Å²) in [5.74, 6) is 0.633. The number of rotatable bonds is 7. The molecule has 3 nitrogen and oxygen atoms in total. The van der Waals surface area contributed by atoms with Crippen molar-refractivity contribution in [3.8, 4) is 0 Å². The molecule has 1 saturated heterocycles. The molecule has 1 fully saturated rings. The molecule has 0 radical (unpaired) electrons. The number of ether oxygens (including phenoxy) is 1. The molecule has 1 aliphatic rings. The minimum Gasteiger partial charge on any atom is -0.380 e. The van der Waals surface area contributed by atoms with Gasteiger partial charge in [0, 0.05) is 37.8 Å². The van der Waals surface area contributed by atoms with E-state index in [1.165, 1.54) is 12.8 Å². The molecule has 0 bridgehead atoms. The third kappa shape index (κ3) is 5.25. The van der Waals surface area contributed by atoms with Crippen LogP contribution < -0.4 is 5.32 Å². The van der Waals surface area contributed by atoms with E-state index in [0.29, 0.717) is 12.0 Å².